The Balaban J connectivity index is 0.888. The molecule has 338 valence electrons. The second-order valence-electron chi connectivity index (χ2n) is 17.5. The molecule has 0 radical (unpaired) electrons. The Hall–Kier alpha value is -5.32. The average molecular weight is 906 g/mol. The van der Waals surface area contributed by atoms with Gasteiger partial charge in [-0.05, 0) is 60.6 Å². The molecule has 5 amide bonds. The summed E-state index contributed by atoms with van der Waals surface area (Å²) in [5.41, 5.74) is 11.7. The molecule has 17 heteroatoms. The fraction of sp³-hybridized carbons (Fsp3) is 0.478. The standard InChI is InChI=1S/C46H58ClFN8O6S/c1-27-41(63-26-52-27)29-15-13-28(14-16-29)23-51-44(61)35-21-31(57)24-56(35)45(62)42(46(2,3)4)54-37(58)12-10-8-6-5-7-9-11-19-50-43(60)36-22-34(49)40-39(53-38(59)25-55(36)40)32-20-30(48)17-18-33(32)47/h13-18,20,22,26,31,35,39,42,57H,5-12,19,21,23-25,49H2,1-4H3,(H,50,60)(H,51,61)(H,53,59)(H,54,58)/t31-,35+,39-,42?/m1/s1. The first-order chi connectivity index (χ1) is 30.0. The van der Waals surface area contributed by atoms with E-state index in [4.69, 9.17) is 17.3 Å². The average Bonchev–Trinajstić information content (AvgIpc) is 3.95. The van der Waals surface area contributed by atoms with Crippen LogP contribution in [0.3, 0.4) is 0 Å². The zero-order valence-corrected chi connectivity index (χ0v) is 37.8. The molecule has 0 saturated carbocycles. The van der Waals surface area contributed by atoms with Crippen molar-refractivity contribution in [2.75, 3.05) is 18.8 Å². The Kier molecular flexibility index (Phi) is 15.7. The topological polar surface area (TPSA) is 201 Å². The number of hydrogen-bond acceptors (Lipinski definition) is 9. The zero-order valence-electron chi connectivity index (χ0n) is 36.3. The van der Waals surface area contributed by atoms with Crippen molar-refractivity contribution in [1.29, 1.82) is 0 Å². The van der Waals surface area contributed by atoms with Gasteiger partial charge in [-0.3, -0.25) is 24.0 Å². The molecule has 6 rings (SSSR count). The first-order valence-corrected chi connectivity index (χ1v) is 22.8. The second kappa shape index (κ2) is 20.9. The van der Waals surface area contributed by atoms with Gasteiger partial charge in [0.15, 0.2) is 0 Å². The Morgan fingerprint density at radius 3 is 2.40 bits per heavy atom. The smallest absolute Gasteiger partial charge is 0.268 e. The third-order valence-corrected chi connectivity index (χ3v) is 13.0. The SMILES string of the molecule is Cc1ncsc1-c1ccc(CNC(=O)[C@@H]2C[C@@H](O)CN2C(=O)C(NC(=O)CCCCCCCCCNC(=O)c2cc(N)c3n2CC(=O)N[C@@H]3c2cc(F)ccc2Cl)C(C)(C)C)cc1. The van der Waals surface area contributed by atoms with Crippen LogP contribution in [0.1, 0.15) is 118 Å². The van der Waals surface area contributed by atoms with Crippen molar-refractivity contribution in [3.63, 3.8) is 0 Å². The number of nitrogens with two attached hydrogens (primary N) is 1. The maximum Gasteiger partial charge on any atom is 0.268 e. The molecule has 1 fully saturated rings. The number of aliphatic hydroxyl groups is 1. The van der Waals surface area contributed by atoms with Crippen molar-refractivity contribution in [3.05, 3.63) is 93.1 Å². The lowest BCUT2D eigenvalue weighted by molar-refractivity contribution is -0.144. The van der Waals surface area contributed by atoms with Crippen LogP contribution < -0.4 is 27.0 Å². The number of anilines is 1. The van der Waals surface area contributed by atoms with Gasteiger partial charge in [-0.15, -0.1) is 11.3 Å². The Bertz CT molecular complexity index is 2290. The molecule has 2 aliphatic rings. The van der Waals surface area contributed by atoms with E-state index < -0.39 is 41.4 Å². The molecule has 0 aliphatic carbocycles. The van der Waals surface area contributed by atoms with E-state index in [0.717, 1.165) is 60.2 Å². The molecular formula is C46H58ClFN8O6S. The van der Waals surface area contributed by atoms with Crippen molar-refractivity contribution < 1.29 is 33.5 Å². The number of thiazole rings is 1. The van der Waals surface area contributed by atoms with E-state index >= 15 is 0 Å². The van der Waals surface area contributed by atoms with Gasteiger partial charge < -0.3 is 41.6 Å². The van der Waals surface area contributed by atoms with E-state index in [9.17, 15) is 33.5 Å². The number of nitrogen functional groups attached to an aromatic ring is 1. The van der Waals surface area contributed by atoms with E-state index in [0.29, 0.717) is 29.9 Å². The lowest BCUT2D eigenvalue weighted by Crippen LogP contribution is -2.57. The number of carbonyl (C=O) groups is 5. The number of unbranched alkanes of at least 4 members (excludes halogenated alkanes) is 6. The number of amides is 5. The number of aryl methyl sites for hydroxylation is 1. The van der Waals surface area contributed by atoms with Gasteiger partial charge in [-0.2, -0.15) is 0 Å². The number of benzene rings is 2. The molecule has 4 aromatic rings. The molecule has 0 spiro atoms. The Labute approximate surface area is 376 Å². The molecular weight excluding hydrogens is 847 g/mol. The largest absolute Gasteiger partial charge is 0.397 e. The van der Waals surface area contributed by atoms with Crippen LogP contribution in [0.15, 0.2) is 54.0 Å². The quantitative estimate of drug-likeness (QED) is 0.0637. The number of likely N-dealkylation sites (tertiary alicyclic amines) is 1. The number of nitrogens with one attached hydrogen (secondary N) is 4. The number of carbonyl (C=O) groups excluding carboxylic acids is 5. The number of β-amino-alcohol motifs (C(OH)–C–C–N with tert-alkyl or cyclic N) is 1. The maximum absolute atomic E-state index is 14.1. The van der Waals surface area contributed by atoms with Crippen LogP contribution >= 0.6 is 22.9 Å². The summed E-state index contributed by atoms with van der Waals surface area (Å²) in [6.07, 6.45) is 5.47. The van der Waals surface area contributed by atoms with Gasteiger partial charge in [0, 0.05) is 43.1 Å². The van der Waals surface area contributed by atoms with Crippen molar-refractivity contribution >= 4 is 58.2 Å². The third-order valence-electron chi connectivity index (χ3n) is 11.6. The highest BCUT2D eigenvalue weighted by molar-refractivity contribution is 7.13. The summed E-state index contributed by atoms with van der Waals surface area (Å²) in [7, 11) is 0. The molecule has 4 atom stereocenters. The number of rotatable bonds is 18. The fourth-order valence-corrected chi connectivity index (χ4v) is 9.28. The highest BCUT2D eigenvalue weighted by Gasteiger charge is 2.44. The summed E-state index contributed by atoms with van der Waals surface area (Å²) in [5.74, 6) is -2.21. The van der Waals surface area contributed by atoms with Crippen LogP contribution in [0.4, 0.5) is 10.1 Å². The molecule has 0 bridgehead atoms. The summed E-state index contributed by atoms with van der Waals surface area (Å²) in [6, 6.07) is 10.7. The number of hydrogen-bond donors (Lipinski definition) is 6. The molecule has 2 aromatic heterocycles. The number of nitrogens with zero attached hydrogens (tertiary/aromatic N) is 3. The highest BCUT2D eigenvalue weighted by Crippen LogP contribution is 2.36. The van der Waals surface area contributed by atoms with Crippen LogP contribution in [-0.2, 0) is 32.3 Å². The molecule has 63 heavy (non-hydrogen) atoms. The van der Waals surface area contributed by atoms with Gasteiger partial charge in [-0.1, -0.05) is 88.7 Å². The fourth-order valence-electron chi connectivity index (χ4n) is 8.25. The lowest BCUT2D eigenvalue weighted by Gasteiger charge is -2.35. The third kappa shape index (κ3) is 11.8. The number of halogens is 2. The van der Waals surface area contributed by atoms with E-state index in [1.807, 2.05) is 57.5 Å². The first-order valence-electron chi connectivity index (χ1n) is 21.6. The van der Waals surface area contributed by atoms with Crippen LogP contribution in [0.25, 0.3) is 10.4 Å². The van der Waals surface area contributed by atoms with Gasteiger partial charge in [0.05, 0.1) is 39.6 Å². The van der Waals surface area contributed by atoms with E-state index in [-0.39, 0.29) is 66.8 Å². The van der Waals surface area contributed by atoms with Crippen molar-refractivity contribution in [2.24, 2.45) is 5.41 Å². The van der Waals surface area contributed by atoms with Crippen molar-refractivity contribution in [3.8, 4) is 10.4 Å². The van der Waals surface area contributed by atoms with E-state index in [1.54, 1.807) is 15.9 Å². The first kappa shape index (κ1) is 47.2. The van der Waals surface area contributed by atoms with E-state index in [2.05, 4.69) is 26.3 Å². The minimum atomic E-state index is -0.884. The molecule has 4 heterocycles. The van der Waals surface area contributed by atoms with Gasteiger partial charge in [0.25, 0.3) is 5.91 Å². The predicted octanol–water partition coefficient (Wildman–Crippen LogP) is 6.17. The predicted molar refractivity (Wildman–Crippen MR) is 241 cm³/mol. The molecule has 2 aliphatic heterocycles. The summed E-state index contributed by atoms with van der Waals surface area (Å²) in [4.78, 5) is 73.1. The molecule has 1 saturated heterocycles. The Morgan fingerprint density at radius 1 is 1.02 bits per heavy atom. The van der Waals surface area contributed by atoms with Crippen LogP contribution in [0.2, 0.25) is 5.02 Å². The molecule has 2 aromatic carbocycles. The molecule has 1 unspecified atom stereocenters. The lowest BCUT2D eigenvalue weighted by atomic mass is 9.85. The Morgan fingerprint density at radius 2 is 1.71 bits per heavy atom. The van der Waals surface area contributed by atoms with Gasteiger partial charge in [-0.25, -0.2) is 9.37 Å². The van der Waals surface area contributed by atoms with Gasteiger partial charge in [0.2, 0.25) is 23.6 Å². The molecule has 7 N–H and O–H groups in total. The minimum absolute atomic E-state index is 0.00852. The summed E-state index contributed by atoms with van der Waals surface area (Å²) in [6.45, 7) is 8.17. The summed E-state index contributed by atoms with van der Waals surface area (Å²) < 4.78 is 15.6. The zero-order chi connectivity index (χ0) is 45.4. The van der Waals surface area contributed by atoms with Crippen LogP contribution in [0, 0.1) is 18.2 Å². The minimum Gasteiger partial charge on any atom is -0.397 e. The van der Waals surface area contributed by atoms with Crippen molar-refractivity contribution in [1.82, 2.24) is 35.7 Å². The van der Waals surface area contributed by atoms with Crippen molar-refractivity contribution in [2.45, 2.75) is 123 Å². The van der Waals surface area contributed by atoms with Crippen LogP contribution in [-0.4, -0.2) is 80.4 Å². The van der Waals surface area contributed by atoms with Gasteiger partial charge >= 0.3 is 0 Å². The highest BCUT2D eigenvalue weighted by atomic mass is 35.5. The number of aliphatic hydroxyl groups excluding tert-OH is 1. The second-order valence-corrected chi connectivity index (χ2v) is 18.8. The van der Waals surface area contributed by atoms with Crippen LogP contribution in [0.5, 0.6) is 0 Å². The summed E-state index contributed by atoms with van der Waals surface area (Å²) >= 11 is 7.91. The van der Waals surface area contributed by atoms with Gasteiger partial charge in [0.1, 0.15) is 30.1 Å². The number of fused-ring (bicyclic) bond motifs is 1. The molecule has 14 nitrogen and oxygen atoms in total. The van der Waals surface area contributed by atoms with E-state index in [1.165, 1.54) is 29.2 Å². The normalized spacial score (nSPS) is 17.8. The summed E-state index contributed by atoms with van der Waals surface area (Å²) in [5, 5.41) is 22.4. The number of aromatic nitrogens is 2. The monoisotopic (exact) mass is 904 g/mol. The maximum atomic E-state index is 14.1.